The van der Waals surface area contributed by atoms with Crippen LogP contribution in [0.25, 0.3) is 5.82 Å². The number of nitrogens with one attached hydrogen (secondary N) is 1. The van der Waals surface area contributed by atoms with Crippen LogP contribution in [0, 0.1) is 5.82 Å². The van der Waals surface area contributed by atoms with Crippen LogP contribution in [0.4, 0.5) is 10.1 Å². The number of halogens is 1. The molecule has 4 aromatic rings. The summed E-state index contributed by atoms with van der Waals surface area (Å²) in [6.07, 6.45) is 3.72. The summed E-state index contributed by atoms with van der Waals surface area (Å²) in [6.45, 7) is 0. The molecule has 0 aliphatic rings. The average molecular weight is 424 g/mol. The Kier molecular flexibility index (Phi) is 5.44. The van der Waals surface area contributed by atoms with Crippen molar-refractivity contribution in [2.45, 2.75) is 5.75 Å². The molecular weight excluding hydrogens is 407 g/mol. The number of hydrogen-bond donors (Lipinski definition) is 1. The molecule has 9 heteroatoms. The predicted octanol–water partition coefficient (Wildman–Crippen LogP) is 4.14. The van der Waals surface area contributed by atoms with Crippen molar-refractivity contribution >= 4 is 15.7 Å². The monoisotopic (exact) mass is 424 g/mol. The second-order valence-corrected chi connectivity index (χ2v) is 8.16. The summed E-state index contributed by atoms with van der Waals surface area (Å²) in [5.74, 6) is 0.798. The second kappa shape index (κ2) is 8.34. The lowest BCUT2D eigenvalue weighted by Gasteiger charge is -2.09. The molecule has 0 amide bonds. The molecule has 0 bridgehead atoms. The van der Waals surface area contributed by atoms with E-state index in [0.29, 0.717) is 28.7 Å². The first-order valence-electron chi connectivity index (χ1n) is 8.97. The van der Waals surface area contributed by atoms with E-state index >= 15 is 0 Å². The van der Waals surface area contributed by atoms with Gasteiger partial charge in [-0.05, 0) is 60.2 Å². The molecule has 0 aliphatic carbocycles. The zero-order valence-corrected chi connectivity index (χ0v) is 16.5. The third kappa shape index (κ3) is 5.00. The number of hydrogen-bond acceptors (Lipinski definition) is 5. The van der Waals surface area contributed by atoms with Gasteiger partial charge in [0.15, 0.2) is 5.82 Å². The van der Waals surface area contributed by atoms with Crippen LogP contribution in [0.15, 0.2) is 85.2 Å². The molecule has 1 N–H and O–H groups in total. The Labute approximate surface area is 172 Å². The van der Waals surface area contributed by atoms with Crippen molar-refractivity contribution in [2.24, 2.45) is 0 Å². The number of benzene rings is 2. The summed E-state index contributed by atoms with van der Waals surface area (Å²) in [4.78, 5) is 0. The van der Waals surface area contributed by atoms with Crippen LogP contribution in [0.3, 0.4) is 0 Å². The lowest BCUT2D eigenvalue weighted by molar-refractivity contribution is 0.454. The van der Waals surface area contributed by atoms with Gasteiger partial charge in [-0.1, -0.05) is 12.1 Å². The number of anilines is 1. The SMILES string of the molecule is O=S(=O)(Cc1ccc(F)cc1)Nc1ccc(Oc2ccc(-n3cccc3)nn2)cc1. The first kappa shape index (κ1) is 19.6. The lowest BCUT2D eigenvalue weighted by Crippen LogP contribution is -2.15. The largest absolute Gasteiger partial charge is 0.438 e. The molecule has 7 nitrogen and oxygen atoms in total. The van der Waals surface area contributed by atoms with Crippen molar-refractivity contribution in [2.75, 3.05) is 4.72 Å². The van der Waals surface area contributed by atoms with E-state index < -0.39 is 15.8 Å². The van der Waals surface area contributed by atoms with Crippen LogP contribution in [-0.4, -0.2) is 23.2 Å². The van der Waals surface area contributed by atoms with Gasteiger partial charge in [0.1, 0.15) is 11.6 Å². The third-order valence-corrected chi connectivity index (χ3v) is 5.38. The summed E-state index contributed by atoms with van der Waals surface area (Å²) < 4.78 is 47.5. The number of ether oxygens (including phenoxy) is 1. The van der Waals surface area contributed by atoms with Crippen LogP contribution < -0.4 is 9.46 Å². The van der Waals surface area contributed by atoms with E-state index in [1.165, 1.54) is 24.3 Å². The van der Waals surface area contributed by atoms with Crippen LogP contribution in [0.5, 0.6) is 11.6 Å². The minimum atomic E-state index is -3.64. The molecule has 0 fully saturated rings. The van der Waals surface area contributed by atoms with Gasteiger partial charge in [0.05, 0.1) is 5.75 Å². The van der Waals surface area contributed by atoms with Crippen LogP contribution >= 0.6 is 0 Å². The van der Waals surface area contributed by atoms with Gasteiger partial charge in [0, 0.05) is 24.1 Å². The summed E-state index contributed by atoms with van der Waals surface area (Å²) in [6, 6.07) is 19.0. The molecule has 0 spiro atoms. The zero-order chi connectivity index (χ0) is 21.0. The van der Waals surface area contributed by atoms with E-state index in [1.54, 1.807) is 36.4 Å². The second-order valence-electron chi connectivity index (χ2n) is 6.43. The molecule has 2 heterocycles. The van der Waals surface area contributed by atoms with Crippen LogP contribution in [0.1, 0.15) is 5.56 Å². The smallest absolute Gasteiger partial charge is 0.238 e. The predicted molar refractivity (Wildman–Crippen MR) is 111 cm³/mol. The van der Waals surface area contributed by atoms with Crippen molar-refractivity contribution in [1.29, 1.82) is 0 Å². The van der Waals surface area contributed by atoms with Gasteiger partial charge in [0.25, 0.3) is 0 Å². The van der Waals surface area contributed by atoms with Crippen molar-refractivity contribution in [3.8, 4) is 17.4 Å². The van der Waals surface area contributed by atoms with E-state index in [-0.39, 0.29) is 5.75 Å². The Bertz CT molecular complexity index is 1210. The highest BCUT2D eigenvalue weighted by Crippen LogP contribution is 2.22. The first-order valence-corrected chi connectivity index (χ1v) is 10.6. The van der Waals surface area contributed by atoms with Crippen molar-refractivity contribution < 1.29 is 17.5 Å². The molecule has 152 valence electrons. The third-order valence-electron chi connectivity index (χ3n) is 4.12. The van der Waals surface area contributed by atoms with E-state index in [0.717, 1.165) is 0 Å². The summed E-state index contributed by atoms with van der Waals surface area (Å²) in [5, 5.41) is 8.14. The molecule has 0 atom stereocenters. The number of aromatic nitrogens is 3. The minimum absolute atomic E-state index is 0.255. The maximum absolute atomic E-state index is 13.0. The van der Waals surface area contributed by atoms with Gasteiger partial charge >= 0.3 is 0 Å². The summed E-state index contributed by atoms with van der Waals surface area (Å²) in [5.41, 5.74) is 0.879. The van der Waals surface area contributed by atoms with Crippen LogP contribution in [0.2, 0.25) is 0 Å². The van der Waals surface area contributed by atoms with Gasteiger partial charge in [-0.15, -0.1) is 10.2 Å². The molecule has 0 saturated heterocycles. The maximum atomic E-state index is 13.0. The average Bonchev–Trinajstić information content (AvgIpc) is 3.26. The summed E-state index contributed by atoms with van der Waals surface area (Å²) in [7, 11) is -3.64. The van der Waals surface area contributed by atoms with Gasteiger partial charge in [0.2, 0.25) is 15.9 Å². The van der Waals surface area contributed by atoms with Gasteiger partial charge < -0.3 is 9.30 Å². The van der Waals surface area contributed by atoms with E-state index in [9.17, 15) is 12.8 Å². The molecule has 0 aliphatic heterocycles. The number of sulfonamides is 1. The quantitative estimate of drug-likeness (QED) is 0.482. The molecule has 2 aromatic carbocycles. The topological polar surface area (TPSA) is 86.1 Å². The Morgan fingerprint density at radius 2 is 1.60 bits per heavy atom. The first-order chi connectivity index (χ1) is 14.5. The van der Waals surface area contributed by atoms with E-state index in [2.05, 4.69) is 14.9 Å². The number of rotatable bonds is 7. The molecular formula is C21H17FN4O3S. The molecule has 4 rings (SSSR count). The van der Waals surface area contributed by atoms with Crippen molar-refractivity contribution in [3.05, 3.63) is 96.6 Å². The van der Waals surface area contributed by atoms with Crippen molar-refractivity contribution in [3.63, 3.8) is 0 Å². The zero-order valence-electron chi connectivity index (χ0n) is 15.6. The maximum Gasteiger partial charge on any atom is 0.238 e. The van der Waals surface area contributed by atoms with Gasteiger partial charge in [-0.2, -0.15) is 0 Å². The minimum Gasteiger partial charge on any atom is -0.438 e. The van der Waals surface area contributed by atoms with Crippen molar-refractivity contribution in [1.82, 2.24) is 14.8 Å². The van der Waals surface area contributed by atoms with E-state index in [1.807, 2.05) is 29.1 Å². The van der Waals surface area contributed by atoms with Gasteiger partial charge in [-0.3, -0.25) is 4.72 Å². The lowest BCUT2D eigenvalue weighted by atomic mass is 10.2. The normalized spacial score (nSPS) is 11.2. The molecule has 0 unspecified atom stereocenters. The Hall–Kier alpha value is -3.72. The Balaban J connectivity index is 1.38. The number of nitrogens with zero attached hydrogens (tertiary/aromatic N) is 3. The standard InChI is InChI=1S/C21H17FN4O3S/c22-17-5-3-16(4-6-17)15-30(27,28)25-18-7-9-19(10-8-18)29-21-12-11-20(23-24-21)26-13-1-2-14-26/h1-14,25H,15H2. The fourth-order valence-electron chi connectivity index (χ4n) is 2.72. The molecule has 0 saturated carbocycles. The van der Waals surface area contributed by atoms with Crippen LogP contribution in [-0.2, 0) is 15.8 Å². The fourth-order valence-corrected chi connectivity index (χ4v) is 3.92. The Morgan fingerprint density at radius 1 is 0.900 bits per heavy atom. The van der Waals surface area contributed by atoms with E-state index in [4.69, 9.17) is 4.74 Å². The highest BCUT2D eigenvalue weighted by atomic mass is 32.2. The highest BCUT2D eigenvalue weighted by molar-refractivity contribution is 7.91. The summed E-state index contributed by atoms with van der Waals surface area (Å²) >= 11 is 0. The Morgan fingerprint density at radius 3 is 2.23 bits per heavy atom. The fraction of sp³-hybridized carbons (Fsp3) is 0.0476. The molecule has 0 radical (unpaired) electrons. The molecule has 30 heavy (non-hydrogen) atoms. The molecule has 2 aromatic heterocycles. The van der Waals surface area contributed by atoms with Gasteiger partial charge in [-0.25, -0.2) is 12.8 Å². The highest BCUT2D eigenvalue weighted by Gasteiger charge is 2.12.